The maximum absolute atomic E-state index is 14.8. The van der Waals surface area contributed by atoms with Crippen LogP contribution in [-0.2, 0) is 6.61 Å². The van der Waals surface area contributed by atoms with E-state index in [0.717, 1.165) is 30.9 Å². The summed E-state index contributed by atoms with van der Waals surface area (Å²) in [6.07, 6.45) is 3.26. The van der Waals surface area contributed by atoms with E-state index in [0.29, 0.717) is 13.0 Å². The van der Waals surface area contributed by atoms with Crippen molar-refractivity contribution in [3.8, 4) is 17.2 Å². The van der Waals surface area contributed by atoms with Crippen LogP contribution in [0.1, 0.15) is 55.5 Å². The first-order chi connectivity index (χ1) is 13.6. The van der Waals surface area contributed by atoms with Crippen molar-refractivity contribution in [1.29, 1.82) is 0 Å². The molecular weight excluding hydrogens is 363 g/mol. The van der Waals surface area contributed by atoms with Gasteiger partial charge in [0.05, 0.1) is 13.2 Å². The molecule has 0 saturated heterocycles. The first kappa shape index (κ1) is 21.5. The third-order valence-electron chi connectivity index (χ3n) is 4.10. The standard InChI is InChI=1S/C22H27FO5/c1-3-5-12-26-20-18(28-15-16-10-8-7-9-11-16)14-17(22(24)25)19(23)21(20)27-13-6-4-2/h7-11,14H,3-6,12-13,15H2,1-2H3,(H,24,25). The number of rotatable bonds is 12. The predicted molar refractivity (Wildman–Crippen MR) is 105 cm³/mol. The number of carboxylic acid groups (broad SMARTS) is 1. The highest BCUT2D eigenvalue weighted by atomic mass is 19.1. The van der Waals surface area contributed by atoms with Gasteiger partial charge in [-0.05, 0) is 18.4 Å². The summed E-state index contributed by atoms with van der Waals surface area (Å²) in [6, 6.07) is 10.6. The highest BCUT2D eigenvalue weighted by molar-refractivity contribution is 5.90. The topological polar surface area (TPSA) is 65.0 Å². The number of carboxylic acids is 1. The van der Waals surface area contributed by atoms with Crippen molar-refractivity contribution in [2.75, 3.05) is 13.2 Å². The zero-order valence-corrected chi connectivity index (χ0v) is 16.4. The molecule has 152 valence electrons. The molecule has 2 rings (SSSR count). The van der Waals surface area contributed by atoms with Crippen molar-refractivity contribution in [2.45, 2.75) is 46.1 Å². The average Bonchev–Trinajstić information content (AvgIpc) is 2.70. The fraction of sp³-hybridized carbons (Fsp3) is 0.409. The largest absolute Gasteiger partial charge is 0.487 e. The Morgan fingerprint density at radius 2 is 1.57 bits per heavy atom. The van der Waals surface area contributed by atoms with Gasteiger partial charge in [0.2, 0.25) is 11.5 Å². The van der Waals surface area contributed by atoms with Gasteiger partial charge in [0.15, 0.2) is 11.6 Å². The summed E-state index contributed by atoms with van der Waals surface area (Å²) in [7, 11) is 0. The van der Waals surface area contributed by atoms with Crippen LogP contribution in [0.2, 0.25) is 0 Å². The van der Waals surface area contributed by atoms with E-state index in [4.69, 9.17) is 14.2 Å². The molecule has 0 saturated carbocycles. The van der Waals surface area contributed by atoms with Gasteiger partial charge in [-0.25, -0.2) is 9.18 Å². The van der Waals surface area contributed by atoms with Gasteiger partial charge in [-0.1, -0.05) is 57.0 Å². The summed E-state index contributed by atoms with van der Waals surface area (Å²) in [4.78, 5) is 11.5. The lowest BCUT2D eigenvalue weighted by atomic mass is 10.1. The van der Waals surface area contributed by atoms with E-state index in [1.54, 1.807) is 0 Å². The predicted octanol–water partition coefficient (Wildman–Crippen LogP) is 5.46. The first-order valence-electron chi connectivity index (χ1n) is 9.60. The molecule has 0 atom stereocenters. The second-order valence-corrected chi connectivity index (χ2v) is 6.38. The van der Waals surface area contributed by atoms with Crippen molar-refractivity contribution >= 4 is 5.97 Å². The Hall–Kier alpha value is -2.76. The molecule has 6 heteroatoms. The third kappa shape index (κ3) is 5.87. The fourth-order valence-corrected chi connectivity index (χ4v) is 2.49. The van der Waals surface area contributed by atoms with Crippen LogP contribution in [0.3, 0.4) is 0 Å². The second-order valence-electron chi connectivity index (χ2n) is 6.38. The zero-order chi connectivity index (χ0) is 20.4. The van der Waals surface area contributed by atoms with Gasteiger partial charge in [0.25, 0.3) is 0 Å². The zero-order valence-electron chi connectivity index (χ0n) is 16.4. The molecule has 28 heavy (non-hydrogen) atoms. The Balaban J connectivity index is 2.40. The molecule has 2 aromatic carbocycles. The van der Waals surface area contributed by atoms with Gasteiger partial charge < -0.3 is 19.3 Å². The smallest absolute Gasteiger partial charge is 0.338 e. The minimum atomic E-state index is -1.39. The van der Waals surface area contributed by atoms with E-state index < -0.39 is 17.3 Å². The van der Waals surface area contributed by atoms with E-state index in [9.17, 15) is 14.3 Å². The SMILES string of the molecule is CCCCOc1c(OCc2ccccc2)cc(C(=O)O)c(F)c1OCCCC. The Kier molecular flexibility index (Phi) is 8.59. The van der Waals surface area contributed by atoms with Crippen molar-refractivity contribution in [3.63, 3.8) is 0 Å². The summed E-state index contributed by atoms with van der Waals surface area (Å²) in [6.45, 7) is 4.82. The quantitative estimate of drug-likeness (QED) is 0.488. The van der Waals surface area contributed by atoms with Crippen LogP contribution in [0.15, 0.2) is 36.4 Å². The molecule has 0 heterocycles. The third-order valence-corrected chi connectivity index (χ3v) is 4.10. The lowest BCUT2D eigenvalue weighted by molar-refractivity contribution is 0.0689. The summed E-state index contributed by atoms with van der Waals surface area (Å²) < 4.78 is 32.0. The number of hydrogen-bond donors (Lipinski definition) is 1. The summed E-state index contributed by atoms with van der Waals surface area (Å²) in [5, 5.41) is 9.38. The van der Waals surface area contributed by atoms with Crippen LogP contribution in [-0.4, -0.2) is 24.3 Å². The highest BCUT2D eigenvalue weighted by Crippen LogP contribution is 2.42. The second kappa shape index (κ2) is 11.2. The van der Waals surface area contributed by atoms with Gasteiger partial charge in [-0.3, -0.25) is 0 Å². The van der Waals surface area contributed by atoms with Crippen molar-refractivity contribution in [1.82, 2.24) is 0 Å². The van der Waals surface area contributed by atoms with Gasteiger partial charge in [0, 0.05) is 6.07 Å². The van der Waals surface area contributed by atoms with E-state index in [2.05, 4.69) is 0 Å². The number of hydrogen-bond acceptors (Lipinski definition) is 4. The Labute approximate surface area is 165 Å². The molecule has 0 aliphatic rings. The molecule has 0 bridgehead atoms. The van der Waals surface area contributed by atoms with Crippen LogP contribution in [0.4, 0.5) is 4.39 Å². The maximum atomic E-state index is 14.8. The minimum absolute atomic E-state index is 0.114. The summed E-state index contributed by atoms with van der Waals surface area (Å²) in [5.74, 6) is -2.26. The van der Waals surface area contributed by atoms with Crippen LogP contribution >= 0.6 is 0 Å². The van der Waals surface area contributed by atoms with Crippen molar-refractivity contribution in [2.24, 2.45) is 0 Å². The lowest BCUT2D eigenvalue weighted by Gasteiger charge is -2.19. The number of benzene rings is 2. The molecular formula is C22H27FO5. The summed E-state index contributed by atoms with van der Waals surface area (Å²) >= 11 is 0. The Bertz CT molecular complexity index is 761. The molecule has 0 radical (unpaired) electrons. The number of aromatic carboxylic acids is 1. The van der Waals surface area contributed by atoms with Crippen LogP contribution in [0.5, 0.6) is 17.2 Å². The number of halogens is 1. The van der Waals surface area contributed by atoms with E-state index in [1.807, 2.05) is 44.2 Å². The Morgan fingerprint density at radius 1 is 0.964 bits per heavy atom. The van der Waals surface area contributed by atoms with Crippen LogP contribution < -0.4 is 14.2 Å². The van der Waals surface area contributed by atoms with Crippen molar-refractivity contribution in [3.05, 3.63) is 53.3 Å². The number of ether oxygens (including phenoxy) is 3. The van der Waals surface area contributed by atoms with Gasteiger partial charge in [-0.2, -0.15) is 0 Å². The van der Waals surface area contributed by atoms with E-state index in [-0.39, 0.29) is 30.5 Å². The maximum Gasteiger partial charge on any atom is 0.338 e. The van der Waals surface area contributed by atoms with Crippen LogP contribution in [0.25, 0.3) is 0 Å². The average molecular weight is 390 g/mol. The van der Waals surface area contributed by atoms with Gasteiger partial charge in [-0.15, -0.1) is 0 Å². The Morgan fingerprint density at radius 3 is 2.14 bits per heavy atom. The highest BCUT2D eigenvalue weighted by Gasteiger charge is 2.25. The van der Waals surface area contributed by atoms with Gasteiger partial charge in [0.1, 0.15) is 12.2 Å². The molecule has 0 aliphatic heterocycles. The minimum Gasteiger partial charge on any atom is -0.487 e. The molecule has 0 fully saturated rings. The van der Waals surface area contributed by atoms with Crippen LogP contribution in [0, 0.1) is 5.82 Å². The molecule has 1 N–H and O–H groups in total. The molecule has 2 aromatic rings. The molecule has 5 nitrogen and oxygen atoms in total. The normalized spacial score (nSPS) is 10.5. The first-order valence-corrected chi connectivity index (χ1v) is 9.60. The fourth-order valence-electron chi connectivity index (χ4n) is 2.49. The number of unbranched alkanes of at least 4 members (excludes halogenated alkanes) is 2. The summed E-state index contributed by atoms with van der Waals surface area (Å²) in [5.41, 5.74) is 0.397. The molecule has 0 aromatic heterocycles. The number of carbonyl (C=O) groups is 1. The molecule has 0 spiro atoms. The van der Waals surface area contributed by atoms with Gasteiger partial charge >= 0.3 is 5.97 Å². The molecule has 0 unspecified atom stereocenters. The molecule has 0 aliphatic carbocycles. The lowest BCUT2D eigenvalue weighted by Crippen LogP contribution is -2.10. The monoisotopic (exact) mass is 390 g/mol. The van der Waals surface area contributed by atoms with E-state index in [1.165, 1.54) is 0 Å². The van der Waals surface area contributed by atoms with Crippen molar-refractivity contribution < 1.29 is 28.5 Å². The van der Waals surface area contributed by atoms with E-state index >= 15 is 0 Å². The molecule has 0 amide bonds.